The first-order valence-corrected chi connectivity index (χ1v) is 6.71. The topological polar surface area (TPSA) is 17.1 Å². The number of benzene rings is 2. The maximum atomic E-state index is 12.8. The first kappa shape index (κ1) is 15.6. The third kappa shape index (κ3) is 3.45. The molecular weight excluding hydrogens is 301 g/mol. The van der Waals surface area contributed by atoms with E-state index in [0.29, 0.717) is 23.1 Å². The average molecular weight is 313 g/mol. The first-order valence-electron chi connectivity index (χ1n) is 6.33. The summed E-state index contributed by atoms with van der Waals surface area (Å²) >= 11 is 5.59. The maximum absolute atomic E-state index is 12.8. The number of hydrogen-bond acceptors (Lipinski definition) is 1. The zero-order valence-corrected chi connectivity index (χ0v) is 11.9. The molecule has 0 saturated heterocycles. The molecule has 0 spiro atoms. The molecule has 0 aliphatic carbocycles. The fourth-order valence-electron chi connectivity index (χ4n) is 1.97. The minimum absolute atomic E-state index is 0.00589. The Kier molecular flexibility index (Phi) is 4.37. The molecule has 0 fully saturated rings. The molecule has 2 rings (SSSR count). The smallest absolute Gasteiger partial charge is 0.294 e. The Hall–Kier alpha value is -1.81. The van der Waals surface area contributed by atoms with Crippen molar-refractivity contribution in [3.63, 3.8) is 0 Å². The van der Waals surface area contributed by atoms with E-state index in [9.17, 15) is 18.0 Å². The van der Waals surface area contributed by atoms with Gasteiger partial charge in [0.2, 0.25) is 0 Å². The second-order valence-electron chi connectivity index (χ2n) is 4.55. The molecule has 2 aromatic carbocycles. The highest BCUT2D eigenvalue weighted by atomic mass is 35.5. The van der Waals surface area contributed by atoms with Gasteiger partial charge in [-0.1, -0.05) is 48.9 Å². The van der Waals surface area contributed by atoms with Crippen LogP contribution >= 0.6 is 11.6 Å². The number of Topliss-reactive ketones (excluding diaryl/α,β-unsaturated/α-hetero) is 1. The van der Waals surface area contributed by atoms with Gasteiger partial charge in [0.25, 0.3) is 0 Å². The summed E-state index contributed by atoms with van der Waals surface area (Å²) in [5.41, 5.74) is 0.689. The Labute approximate surface area is 125 Å². The molecule has 0 aliphatic rings. The van der Waals surface area contributed by atoms with Gasteiger partial charge in [-0.2, -0.15) is 13.2 Å². The minimum Gasteiger partial charge on any atom is -0.294 e. The van der Waals surface area contributed by atoms with E-state index >= 15 is 0 Å². The molecular formula is C16H12ClF3O. The van der Waals surface area contributed by atoms with Gasteiger partial charge >= 0.3 is 6.18 Å². The van der Waals surface area contributed by atoms with Gasteiger partial charge in [0.1, 0.15) is 0 Å². The van der Waals surface area contributed by atoms with Gasteiger partial charge in [-0.3, -0.25) is 4.79 Å². The van der Waals surface area contributed by atoms with Crippen molar-refractivity contribution in [2.75, 3.05) is 0 Å². The molecule has 0 aliphatic heterocycles. The van der Waals surface area contributed by atoms with E-state index in [-0.39, 0.29) is 10.8 Å². The largest absolute Gasteiger partial charge is 0.417 e. The Bertz CT molecular complexity index is 660. The standard InChI is InChI=1S/C16H12ClF3O/c1-2-15(21)11-5-3-10(4-6-11)12-7-8-14(17)13(9-12)16(18,19)20/h3-9H,2H2,1H3. The summed E-state index contributed by atoms with van der Waals surface area (Å²) in [5, 5.41) is -0.330. The number of carbonyl (C=O) groups excluding carboxylic acids is 1. The summed E-state index contributed by atoms with van der Waals surface area (Å²) in [6.45, 7) is 1.76. The lowest BCUT2D eigenvalue weighted by molar-refractivity contribution is -0.137. The lowest BCUT2D eigenvalue weighted by Gasteiger charge is -2.11. The van der Waals surface area contributed by atoms with Crippen LogP contribution in [-0.2, 0) is 6.18 Å². The van der Waals surface area contributed by atoms with Crippen molar-refractivity contribution in [3.05, 3.63) is 58.6 Å². The Morgan fingerprint density at radius 2 is 1.62 bits per heavy atom. The van der Waals surface area contributed by atoms with Crippen molar-refractivity contribution in [2.24, 2.45) is 0 Å². The van der Waals surface area contributed by atoms with E-state index in [2.05, 4.69) is 0 Å². The Morgan fingerprint density at radius 1 is 1.05 bits per heavy atom. The Balaban J connectivity index is 2.41. The molecule has 21 heavy (non-hydrogen) atoms. The second-order valence-corrected chi connectivity index (χ2v) is 4.95. The normalized spacial score (nSPS) is 11.5. The van der Waals surface area contributed by atoms with Gasteiger partial charge in [0, 0.05) is 12.0 Å². The molecule has 0 unspecified atom stereocenters. The van der Waals surface area contributed by atoms with Crippen LogP contribution in [-0.4, -0.2) is 5.78 Å². The molecule has 0 aromatic heterocycles. The fourth-order valence-corrected chi connectivity index (χ4v) is 2.20. The molecule has 5 heteroatoms. The van der Waals surface area contributed by atoms with E-state index < -0.39 is 11.7 Å². The average Bonchev–Trinajstić information content (AvgIpc) is 2.46. The number of halogens is 4. The van der Waals surface area contributed by atoms with Gasteiger partial charge < -0.3 is 0 Å². The number of alkyl halides is 3. The highest BCUT2D eigenvalue weighted by Gasteiger charge is 2.33. The summed E-state index contributed by atoms with van der Waals surface area (Å²) in [5.74, 6) is -0.00589. The lowest BCUT2D eigenvalue weighted by Crippen LogP contribution is -2.05. The van der Waals surface area contributed by atoms with Crippen LogP contribution in [0, 0.1) is 0 Å². The van der Waals surface area contributed by atoms with Gasteiger partial charge in [-0.25, -0.2) is 0 Å². The zero-order chi connectivity index (χ0) is 15.6. The van der Waals surface area contributed by atoms with Crippen LogP contribution in [0.3, 0.4) is 0 Å². The molecule has 110 valence electrons. The SMILES string of the molecule is CCC(=O)c1ccc(-c2ccc(Cl)c(C(F)(F)F)c2)cc1. The molecule has 0 atom stereocenters. The van der Waals surface area contributed by atoms with E-state index in [1.807, 2.05) is 0 Å². The lowest BCUT2D eigenvalue weighted by atomic mass is 10.00. The van der Waals surface area contributed by atoms with Gasteiger partial charge in [0.15, 0.2) is 5.78 Å². The molecule has 2 aromatic rings. The van der Waals surface area contributed by atoms with Crippen molar-refractivity contribution in [1.29, 1.82) is 0 Å². The predicted molar refractivity (Wildman–Crippen MR) is 76.5 cm³/mol. The molecule has 0 bridgehead atoms. The highest BCUT2D eigenvalue weighted by molar-refractivity contribution is 6.31. The predicted octanol–water partition coefficient (Wildman–Crippen LogP) is 5.62. The van der Waals surface area contributed by atoms with Crippen LogP contribution in [0.1, 0.15) is 29.3 Å². The Morgan fingerprint density at radius 3 is 2.14 bits per heavy atom. The zero-order valence-electron chi connectivity index (χ0n) is 11.2. The van der Waals surface area contributed by atoms with E-state index in [0.717, 1.165) is 6.07 Å². The minimum atomic E-state index is -4.49. The van der Waals surface area contributed by atoms with Crippen molar-refractivity contribution < 1.29 is 18.0 Å². The van der Waals surface area contributed by atoms with Gasteiger partial charge in [-0.15, -0.1) is 0 Å². The second kappa shape index (κ2) is 5.90. The number of carbonyl (C=O) groups is 1. The third-order valence-electron chi connectivity index (χ3n) is 3.13. The quantitative estimate of drug-likeness (QED) is 0.672. The van der Waals surface area contributed by atoms with Crippen molar-refractivity contribution in [3.8, 4) is 11.1 Å². The highest BCUT2D eigenvalue weighted by Crippen LogP contribution is 2.37. The summed E-state index contributed by atoms with van der Waals surface area (Å²) < 4.78 is 38.5. The summed E-state index contributed by atoms with van der Waals surface area (Å²) in [4.78, 5) is 11.5. The van der Waals surface area contributed by atoms with Crippen molar-refractivity contribution >= 4 is 17.4 Å². The van der Waals surface area contributed by atoms with E-state index in [4.69, 9.17) is 11.6 Å². The number of rotatable bonds is 3. The van der Waals surface area contributed by atoms with Crippen LogP contribution < -0.4 is 0 Å². The monoisotopic (exact) mass is 312 g/mol. The fraction of sp³-hybridized carbons (Fsp3) is 0.188. The van der Waals surface area contributed by atoms with Crippen LogP contribution in [0.25, 0.3) is 11.1 Å². The summed E-state index contributed by atoms with van der Waals surface area (Å²) in [6, 6.07) is 10.3. The molecule has 1 nitrogen and oxygen atoms in total. The van der Waals surface area contributed by atoms with Gasteiger partial charge in [-0.05, 0) is 23.3 Å². The third-order valence-corrected chi connectivity index (χ3v) is 3.46. The summed E-state index contributed by atoms with van der Waals surface area (Å²) in [7, 11) is 0. The molecule has 0 saturated carbocycles. The molecule has 0 radical (unpaired) electrons. The van der Waals surface area contributed by atoms with Crippen LogP contribution in [0.15, 0.2) is 42.5 Å². The maximum Gasteiger partial charge on any atom is 0.417 e. The van der Waals surface area contributed by atoms with E-state index in [1.165, 1.54) is 12.1 Å². The molecule has 0 heterocycles. The number of hydrogen-bond donors (Lipinski definition) is 0. The molecule has 0 amide bonds. The first-order chi connectivity index (χ1) is 9.82. The van der Waals surface area contributed by atoms with Crippen LogP contribution in [0.2, 0.25) is 5.02 Å². The summed E-state index contributed by atoms with van der Waals surface area (Å²) in [6.07, 6.45) is -4.11. The molecule has 0 N–H and O–H groups in total. The van der Waals surface area contributed by atoms with Crippen LogP contribution in [0.5, 0.6) is 0 Å². The van der Waals surface area contributed by atoms with Crippen molar-refractivity contribution in [1.82, 2.24) is 0 Å². The number of ketones is 1. The van der Waals surface area contributed by atoms with E-state index in [1.54, 1.807) is 31.2 Å². The van der Waals surface area contributed by atoms with Gasteiger partial charge in [0.05, 0.1) is 10.6 Å². The van der Waals surface area contributed by atoms with Crippen LogP contribution in [0.4, 0.5) is 13.2 Å². The van der Waals surface area contributed by atoms with Crippen molar-refractivity contribution in [2.45, 2.75) is 19.5 Å².